The number of hydrogen-bond donors (Lipinski definition) is 2. The largest absolute Gasteiger partial charge is 0.366 e. The molecule has 3 N–H and O–H groups in total. The molecular weight excluding hydrogens is 348 g/mol. The lowest BCUT2D eigenvalue weighted by Crippen LogP contribution is -2.11. The minimum absolute atomic E-state index is 0.435. The van der Waals surface area contributed by atoms with E-state index < -0.39 is 5.91 Å². The molecular formula is C23H22N4O. The highest BCUT2D eigenvalue weighted by atomic mass is 16.1. The van der Waals surface area contributed by atoms with Gasteiger partial charge in [-0.2, -0.15) is 0 Å². The maximum absolute atomic E-state index is 11.5. The third kappa shape index (κ3) is 3.52. The summed E-state index contributed by atoms with van der Waals surface area (Å²) in [5, 5.41) is 3.36. The van der Waals surface area contributed by atoms with Crippen LogP contribution >= 0.6 is 0 Å². The standard InChI is InChI=1S/C23H22N4O/c1-2-25-14-16-5-3-6-17(11-16)18-9-10-27-21(15-26-22(27)13-18)19-7-4-8-20(12-19)23(24)28/h3-13,15,25H,2,14H2,1H3,(H2,24,28). The van der Waals surface area contributed by atoms with Crippen LogP contribution in [-0.2, 0) is 6.54 Å². The molecule has 2 heterocycles. The van der Waals surface area contributed by atoms with Crippen LogP contribution in [0.5, 0.6) is 0 Å². The maximum Gasteiger partial charge on any atom is 0.248 e. The molecule has 0 saturated carbocycles. The number of fused-ring (bicyclic) bond motifs is 1. The van der Waals surface area contributed by atoms with Gasteiger partial charge in [0.1, 0.15) is 5.65 Å². The summed E-state index contributed by atoms with van der Waals surface area (Å²) in [6.07, 6.45) is 3.84. The summed E-state index contributed by atoms with van der Waals surface area (Å²) >= 11 is 0. The molecule has 2 aromatic carbocycles. The van der Waals surface area contributed by atoms with Gasteiger partial charge in [-0.3, -0.25) is 9.20 Å². The Morgan fingerprint density at radius 3 is 2.64 bits per heavy atom. The Bertz CT molecular complexity index is 1150. The van der Waals surface area contributed by atoms with Crippen LogP contribution in [0.15, 0.2) is 73.1 Å². The summed E-state index contributed by atoms with van der Waals surface area (Å²) in [6.45, 7) is 3.91. The first-order chi connectivity index (χ1) is 13.7. The molecule has 4 rings (SSSR count). The summed E-state index contributed by atoms with van der Waals surface area (Å²) in [7, 11) is 0. The maximum atomic E-state index is 11.5. The van der Waals surface area contributed by atoms with Gasteiger partial charge in [0.15, 0.2) is 0 Å². The minimum atomic E-state index is -0.435. The topological polar surface area (TPSA) is 72.4 Å². The fraction of sp³-hybridized carbons (Fsp3) is 0.130. The van der Waals surface area contributed by atoms with Crippen molar-refractivity contribution in [1.82, 2.24) is 14.7 Å². The van der Waals surface area contributed by atoms with Crippen LogP contribution in [0.1, 0.15) is 22.8 Å². The van der Waals surface area contributed by atoms with Crippen molar-refractivity contribution in [3.8, 4) is 22.4 Å². The molecule has 2 aromatic heterocycles. The predicted octanol–water partition coefficient (Wildman–Crippen LogP) is 3.88. The number of nitrogens with two attached hydrogens (primary N) is 1. The lowest BCUT2D eigenvalue weighted by Gasteiger charge is -2.08. The van der Waals surface area contributed by atoms with Crippen molar-refractivity contribution in [1.29, 1.82) is 0 Å². The van der Waals surface area contributed by atoms with Crippen LogP contribution in [0.4, 0.5) is 0 Å². The Balaban J connectivity index is 1.71. The normalized spacial score (nSPS) is 11.0. The zero-order valence-corrected chi connectivity index (χ0v) is 15.7. The molecule has 0 aliphatic rings. The first-order valence-electron chi connectivity index (χ1n) is 9.33. The van der Waals surface area contributed by atoms with Crippen LogP contribution < -0.4 is 11.1 Å². The molecule has 0 aliphatic carbocycles. The second-order valence-electron chi connectivity index (χ2n) is 6.71. The molecule has 0 unspecified atom stereocenters. The molecule has 0 bridgehead atoms. The Kier molecular flexibility index (Phi) is 4.91. The minimum Gasteiger partial charge on any atom is -0.366 e. The van der Waals surface area contributed by atoms with Gasteiger partial charge in [0.25, 0.3) is 0 Å². The molecule has 4 aromatic rings. The third-order valence-corrected chi connectivity index (χ3v) is 4.80. The quantitative estimate of drug-likeness (QED) is 0.541. The molecule has 0 atom stereocenters. The second kappa shape index (κ2) is 7.66. The number of amides is 1. The number of carbonyl (C=O) groups is 1. The van der Waals surface area contributed by atoms with Crippen molar-refractivity contribution in [2.45, 2.75) is 13.5 Å². The summed E-state index contributed by atoms with van der Waals surface area (Å²) in [4.78, 5) is 16.0. The first kappa shape index (κ1) is 17.9. The Morgan fingerprint density at radius 2 is 1.82 bits per heavy atom. The van der Waals surface area contributed by atoms with E-state index >= 15 is 0 Å². The van der Waals surface area contributed by atoms with E-state index in [1.165, 1.54) is 5.56 Å². The molecule has 0 fully saturated rings. The summed E-state index contributed by atoms with van der Waals surface area (Å²) in [5.74, 6) is -0.435. The number of rotatable bonds is 6. The van der Waals surface area contributed by atoms with E-state index in [-0.39, 0.29) is 0 Å². The number of imidazole rings is 1. The molecule has 0 aliphatic heterocycles. The number of aromatic nitrogens is 2. The van der Waals surface area contributed by atoms with Crippen molar-refractivity contribution in [3.63, 3.8) is 0 Å². The van der Waals surface area contributed by atoms with Crippen molar-refractivity contribution in [2.24, 2.45) is 5.73 Å². The fourth-order valence-electron chi connectivity index (χ4n) is 3.34. The van der Waals surface area contributed by atoms with Gasteiger partial charge >= 0.3 is 0 Å². The number of benzene rings is 2. The van der Waals surface area contributed by atoms with E-state index in [1.807, 2.05) is 28.9 Å². The van der Waals surface area contributed by atoms with Gasteiger partial charge in [-0.05, 0) is 53.6 Å². The van der Waals surface area contributed by atoms with Crippen molar-refractivity contribution < 1.29 is 4.79 Å². The van der Waals surface area contributed by atoms with Gasteiger partial charge in [-0.15, -0.1) is 0 Å². The smallest absolute Gasteiger partial charge is 0.248 e. The van der Waals surface area contributed by atoms with E-state index in [0.29, 0.717) is 5.56 Å². The van der Waals surface area contributed by atoms with Crippen LogP contribution in [-0.4, -0.2) is 21.8 Å². The van der Waals surface area contributed by atoms with Crippen LogP contribution in [0.2, 0.25) is 0 Å². The fourth-order valence-corrected chi connectivity index (χ4v) is 3.34. The van der Waals surface area contributed by atoms with E-state index in [0.717, 1.165) is 41.1 Å². The predicted molar refractivity (Wildman–Crippen MR) is 112 cm³/mol. The molecule has 5 nitrogen and oxygen atoms in total. The molecule has 0 radical (unpaired) electrons. The van der Waals surface area contributed by atoms with Crippen molar-refractivity contribution in [2.75, 3.05) is 6.54 Å². The van der Waals surface area contributed by atoms with Gasteiger partial charge < -0.3 is 11.1 Å². The zero-order chi connectivity index (χ0) is 19.5. The van der Waals surface area contributed by atoms with Crippen LogP contribution in [0, 0.1) is 0 Å². The van der Waals surface area contributed by atoms with E-state index in [1.54, 1.807) is 12.1 Å². The average molecular weight is 370 g/mol. The SMILES string of the molecule is CCNCc1cccc(-c2ccn3c(-c4cccc(C(N)=O)c4)cnc3c2)c1. The number of carbonyl (C=O) groups excluding carboxylic acids is 1. The van der Waals surface area contributed by atoms with Crippen LogP contribution in [0.25, 0.3) is 28.0 Å². The Labute approximate surface area is 163 Å². The summed E-state index contributed by atoms with van der Waals surface area (Å²) in [5.41, 5.74) is 12.1. The lowest BCUT2D eigenvalue weighted by atomic mass is 10.0. The highest BCUT2D eigenvalue weighted by molar-refractivity contribution is 5.94. The molecule has 1 amide bonds. The van der Waals surface area contributed by atoms with Gasteiger partial charge in [0.2, 0.25) is 5.91 Å². The molecule has 0 saturated heterocycles. The summed E-state index contributed by atoms with van der Waals surface area (Å²) < 4.78 is 2.02. The second-order valence-corrected chi connectivity index (χ2v) is 6.71. The number of nitrogens with one attached hydrogen (secondary N) is 1. The summed E-state index contributed by atoms with van der Waals surface area (Å²) in [6, 6.07) is 20.0. The highest BCUT2D eigenvalue weighted by Crippen LogP contribution is 2.26. The molecule has 28 heavy (non-hydrogen) atoms. The number of primary amides is 1. The van der Waals surface area contributed by atoms with Crippen molar-refractivity contribution in [3.05, 3.63) is 84.2 Å². The Morgan fingerprint density at radius 1 is 1.04 bits per heavy atom. The number of pyridine rings is 1. The highest BCUT2D eigenvalue weighted by Gasteiger charge is 2.09. The molecule has 0 spiro atoms. The monoisotopic (exact) mass is 370 g/mol. The van der Waals surface area contributed by atoms with E-state index in [2.05, 4.69) is 53.6 Å². The van der Waals surface area contributed by atoms with E-state index in [9.17, 15) is 4.79 Å². The van der Waals surface area contributed by atoms with Crippen molar-refractivity contribution >= 4 is 11.6 Å². The Hall–Kier alpha value is -3.44. The van der Waals surface area contributed by atoms with Gasteiger partial charge in [0, 0.05) is 23.9 Å². The van der Waals surface area contributed by atoms with Gasteiger partial charge in [-0.25, -0.2) is 4.98 Å². The average Bonchev–Trinajstić information content (AvgIpc) is 3.16. The van der Waals surface area contributed by atoms with Gasteiger partial charge in [0.05, 0.1) is 11.9 Å². The third-order valence-electron chi connectivity index (χ3n) is 4.80. The van der Waals surface area contributed by atoms with Gasteiger partial charge in [-0.1, -0.05) is 37.3 Å². The molecule has 5 heteroatoms. The number of hydrogen-bond acceptors (Lipinski definition) is 3. The number of nitrogens with zero attached hydrogens (tertiary/aromatic N) is 2. The van der Waals surface area contributed by atoms with Crippen LogP contribution in [0.3, 0.4) is 0 Å². The molecule has 140 valence electrons. The lowest BCUT2D eigenvalue weighted by molar-refractivity contribution is 0.100. The zero-order valence-electron chi connectivity index (χ0n) is 15.7. The first-order valence-corrected chi connectivity index (χ1v) is 9.33. The van der Waals surface area contributed by atoms with E-state index in [4.69, 9.17) is 5.73 Å².